The fourth-order valence-electron chi connectivity index (χ4n) is 2.77. The van der Waals surface area contributed by atoms with E-state index in [1.165, 1.54) is 11.1 Å². The molecule has 19 heavy (non-hydrogen) atoms. The predicted octanol–water partition coefficient (Wildman–Crippen LogP) is 2.84. The molecule has 3 nitrogen and oxygen atoms in total. The van der Waals surface area contributed by atoms with E-state index in [1.54, 1.807) is 18.5 Å². The van der Waals surface area contributed by atoms with Gasteiger partial charge in [0.25, 0.3) is 5.91 Å². The smallest absolute Gasteiger partial charge is 0.255 e. The molecule has 1 aromatic carbocycles. The molecule has 1 atom stereocenters. The minimum atomic E-state index is 0.0369. The van der Waals surface area contributed by atoms with E-state index in [1.807, 2.05) is 24.1 Å². The van der Waals surface area contributed by atoms with Crippen LogP contribution in [0.1, 0.15) is 33.9 Å². The van der Waals surface area contributed by atoms with Crippen molar-refractivity contribution in [1.82, 2.24) is 9.88 Å². The first kappa shape index (κ1) is 11.9. The minimum absolute atomic E-state index is 0.0369. The number of carbonyl (C=O) groups is 1. The Morgan fingerprint density at radius 2 is 2.11 bits per heavy atom. The van der Waals surface area contributed by atoms with Gasteiger partial charge in [-0.2, -0.15) is 0 Å². The number of rotatable bonds is 2. The Morgan fingerprint density at radius 3 is 2.89 bits per heavy atom. The molecule has 0 aliphatic heterocycles. The average molecular weight is 252 g/mol. The number of benzene rings is 1. The van der Waals surface area contributed by atoms with Gasteiger partial charge in [-0.15, -0.1) is 0 Å². The number of hydrogen-bond donors (Lipinski definition) is 0. The zero-order chi connectivity index (χ0) is 13.2. The zero-order valence-corrected chi connectivity index (χ0v) is 10.9. The maximum atomic E-state index is 12.4. The van der Waals surface area contributed by atoms with Crippen molar-refractivity contribution in [2.24, 2.45) is 0 Å². The van der Waals surface area contributed by atoms with E-state index in [9.17, 15) is 4.79 Å². The van der Waals surface area contributed by atoms with Crippen molar-refractivity contribution in [2.75, 3.05) is 7.05 Å². The fourth-order valence-corrected chi connectivity index (χ4v) is 2.77. The molecule has 0 N–H and O–H groups in total. The van der Waals surface area contributed by atoms with E-state index in [4.69, 9.17) is 0 Å². The zero-order valence-electron chi connectivity index (χ0n) is 10.9. The molecule has 0 saturated heterocycles. The first-order valence-electron chi connectivity index (χ1n) is 6.52. The predicted molar refractivity (Wildman–Crippen MR) is 73.8 cm³/mol. The van der Waals surface area contributed by atoms with Crippen LogP contribution in [0.3, 0.4) is 0 Å². The number of fused-ring (bicyclic) bond motifs is 1. The van der Waals surface area contributed by atoms with Gasteiger partial charge in [0.1, 0.15) is 0 Å². The van der Waals surface area contributed by atoms with E-state index in [0.29, 0.717) is 5.56 Å². The number of pyridine rings is 1. The van der Waals surface area contributed by atoms with E-state index in [-0.39, 0.29) is 11.9 Å². The summed E-state index contributed by atoms with van der Waals surface area (Å²) in [7, 11) is 1.88. The van der Waals surface area contributed by atoms with E-state index < -0.39 is 0 Å². The third-order valence-corrected chi connectivity index (χ3v) is 3.80. The SMILES string of the molecule is CN(C(=O)c1cccnc1)C1CCc2ccccc21. The molecule has 0 fully saturated rings. The summed E-state index contributed by atoms with van der Waals surface area (Å²) in [5.41, 5.74) is 3.29. The lowest BCUT2D eigenvalue weighted by molar-refractivity contribution is 0.0730. The second kappa shape index (κ2) is 4.84. The van der Waals surface area contributed by atoms with Crippen LogP contribution < -0.4 is 0 Å². The Kier molecular flexibility index (Phi) is 3.03. The maximum absolute atomic E-state index is 12.4. The second-order valence-electron chi connectivity index (χ2n) is 4.91. The summed E-state index contributed by atoms with van der Waals surface area (Å²) in [4.78, 5) is 18.3. The van der Waals surface area contributed by atoms with Crippen LogP contribution in [0.15, 0.2) is 48.8 Å². The van der Waals surface area contributed by atoms with Gasteiger partial charge in [0.05, 0.1) is 11.6 Å². The normalized spacial score (nSPS) is 17.0. The summed E-state index contributed by atoms with van der Waals surface area (Å²) in [5.74, 6) is 0.0369. The largest absolute Gasteiger partial charge is 0.335 e. The van der Waals surface area contributed by atoms with Crippen LogP contribution in [0.2, 0.25) is 0 Å². The second-order valence-corrected chi connectivity index (χ2v) is 4.91. The molecule has 1 aromatic heterocycles. The maximum Gasteiger partial charge on any atom is 0.255 e. The van der Waals surface area contributed by atoms with Gasteiger partial charge in [-0.3, -0.25) is 9.78 Å². The third kappa shape index (κ3) is 2.12. The molecule has 0 saturated carbocycles. The van der Waals surface area contributed by atoms with E-state index in [2.05, 4.69) is 23.2 Å². The molecule has 0 spiro atoms. The molecule has 1 unspecified atom stereocenters. The van der Waals surface area contributed by atoms with Crippen molar-refractivity contribution in [3.63, 3.8) is 0 Å². The molecule has 2 aromatic rings. The highest BCUT2D eigenvalue weighted by molar-refractivity contribution is 5.94. The molecule has 1 aliphatic rings. The summed E-state index contributed by atoms with van der Waals surface area (Å²) in [6.07, 6.45) is 5.36. The number of amides is 1. The molecule has 0 radical (unpaired) electrons. The summed E-state index contributed by atoms with van der Waals surface area (Å²) in [6.45, 7) is 0. The quantitative estimate of drug-likeness (QED) is 0.823. The number of aryl methyl sites for hydroxylation is 1. The summed E-state index contributed by atoms with van der Waals surface area (Å²) in [5, 5.41) is 0. The molecular weight excluding hydrogens is 236 g/mol. The Morgan fingerprint density at radius 1 is 1.26 bits per heavy atom. The highest BCUT2D eigenvalue weighted by atomic mass is 16.2. The number of nitrogens with zero attached hydrogens (tertiary/aromatic N) is 2. The van der Waals surface area contributed by atoms with Crippen LogP contribution in [0.25, 0.3) is 0 Å². The van der Waals surface area contributed by atoms with Crippen LogP contribution in [0.5, 0.6) is 0 Å². The van der Waals surface area contributed by atoms with Gasteiger partial charge in [-0.25, -0.2) is 0 Å². The van der Waals surface area contributed by atoms with Crippen molar-refractivity contribution >= 4 is 5.91 Å². The lowest BCUT2D eigenvalue weighted by atomic mass is 10.1. The monoisotopic (exact) mass is 252 g/mol. The number of aromatic nitrogens is 1. The fraction of sp³-hybridized carbons (Fsp3) is 0.250. The Bertz CT molecular complexity index is 595. The number of carbonyl (C=O) groups excluding carboxylic acids is 1. The van der Waals surface area contributed by atoms with Crippen molar-refractivity contribution in [2.45, 2.75) is 18.9 Å². The first-order valence-corrected chi connectivity index (χ1v) is 6.52. The van der Waals surface area contributed by atoms with Crippen molar-refractivity contribution < 1.29 is 4.79 Å². The molecule has 1 amide bonds. The lowest BCUT2D eigenvalue weighted by Crippen LogP contribution is -2.30. The highest BCUT2D eigenvalue weighted by Crippen LogP contribution is 2.35. The Balaban J connectivity index is 1.86. The summed E-state index contributed by atoms with van der Waals surface area (Å²) >= 11 is 0. The summed E-state index contributed by atoms with van der Waals surface area (Å²) in [6, 6.07) is 12.2. The standard InChI is InChI=1S/C16H16N2O/c1-18(16(19)13-6-4-10-17-11-13)15-9-8-12-5-2-3-7-14(12)15/h2-7,10-11,15H,8-9H2,1H3. The average Bonchev–Trinajstić information content (AvgIpc) is 2.90. The molecular formula is C16H16N2O. The molecule has 3 rings (SSSR count). The Labute approximate surface area is 112 Å². The van der Waals surface area contributed by atoms with Gasteiger partial charge in [-0.1, -0.05) is 24.3 Å². The van der Waals surface area contributed by atoms with Crippen LogP contribution in [-0.2, 0) is 6.42 Å². The Hall–Kier alpha value is -2.16. The van der Waals surface area contributed by atoms with Crippen molar-refractivity contribution in [3.8, 4) is 0 Å². The molecule has 0 bridgehead atoms. The van der Waals surface area contributed by atoms with Gasteiger partial charge in [0.2, 0.25) is 0 Å². The first-order chi connectivity index (χ1) is 9.27. The molecule has 96 valence electrons. The van der Waals surface area contributed by atoms with Crippen LogP contribution >= 0.6 is 0 Å². The van der Waals surface area contributed by atoms with Crippen LogP contribution in [0, 0.1) is 0 Å². The van der Waals surface area contributed by atoms with Gasteiger partial charge in [0.15, 0.2) is 0 Å². The van der Waals surface area contributed by atoms with Crippen LogP contribution in [0.4, 0.5) is 0 Å². The minimum Gasteiger partial charge on any atom is -0.335 e. The van der Waals surface area contributed by atoms with Crippen LogP contribution in [-0.4, -0.2) is 22.8 Å². The highest BCUT2D eigenvalue weighted by Gasteiger charge is 2.28. The van der Waals surface area contributed by atoms with Crippen molar-refractivity contribution in [1.29, 1.82) is 0 Å². The molecule has 1 aliphatic carbocycles. The topological polar surface area (TPSA) is 33.2 Å². The van der Waals surface area contributed by atoms with Crippen molar-refractivity contribution in [3.05, 3.63) is 65.5 Å². The molecule has 3 heteroatoms. The van der Waals surface area contributed by atoms with E-state index in [0.717, 1.165) is 12.8 Å². The van der Waals surface area contributed by atoms with Gasteiger partial charge in [-0.05, 0) is 36.1 Å². The molecule has 1 heterocycles. The third-order valence-electron chi connectivity index (χ3n) is 3.80. The number of hydrogen-bond acceptors (Lipinski definition) is 2. The van der Waals surface area contributed by atoms with E-state index >= 15 is 0 Å². The van der Waals surface area contributed by atoms with Gasteiger partial charge in [0, 0.05) is 19.4 Å². The van der Waals surface area contributed by atoms with Gasteiger partial charge >= 0.3 is 0 Å². The lowest BCUT2D eigenvalue weighted by Gasteiger charge is -2.25. The summed E-state index contributed by atoms with van der Waals surface area (Å²) < 4.78 is 0. The van der Waals surface area contributed by atoms with Gasteiger partial charge < -0.3 is 4.90 Å².